The fourth-order valence-electron chi connectivity index (χ4n) is 3.99. The molecule has 0 fully saturated rings. The quantitative estimate of drug-likeness (QED) is 0.701. The molecule has 1 aliphatic carbocycles. The van der Waals surface area contributed by atoms with Crippen LogP contribution in [0.4, 0.5) is 8.78 Å². The van der Waals surface area contributed by atoms with Crippen molar-refractivity contribution in [3.05, 3.63) is 76.7 Å². The van der Waals surface area contributed by atoms with Gasteiger partial charge in [0.2, 0.25) is 0 Å². The Kier molecular flexibility index (Phi) is 4.17. The summed E-state index contributed by atoms with van der Waals surface area (Å²) in [6, 6.07) is 7.21. The average molecular weight is 366 g/mol. The zero-order chi connectivity index (χ0) is 19.2. The number of pyridine rings is 1. The van der Waals surface area contributed by atoms with E-state index in [0.717, 1.165) is 35.0 Å². The van der Waals surface area contributed by atoms with Crippen LogP contribution in [0.25, 0.3) is 11.3 Å². The minimum atomic E-state index is -0.618. The summed E-state index contributed by atoms with van der Waals surface area (Å²) in [7, 11) is 0. The van der Waals surface area contributed by atoms with Crippen molar-refractivity contribution < 1.29 is 13.6 Å². The zero-order valence-electron chi connectivity index (χ0n) is 15.3. The van der Waals surface area contributed by atoms with E-state index in [2.05, 4.69) is 23.8 Å². The fraction of sp³-hybridized carbons (Fsp3) is 0.273. The number of hydrogen-bond acceptors (Lipinski definition) is 2. The van der Waals surface area contributed by atoms with Crippen LogP contribution in [0.5, 0.6) is 0 Å². The van der Waals surface area contributed by atoms with Gasteiger partial charge in [-0.2, -0.15) is 0 Å². The van der Waals surface area contributed by atoms with Gasteiger partial charge in [0.05, 0.1) is 5.69 Å². The minimum Gasteiger partial charge on any atom is -0.358 e. The number of benzene rings is 1. The highest BCUT2D eigenvalue weighted by Crippen LogP contribution is 2.40. The van der Waals surface area contributed by atoms with Crippen LogP contribution in [0.2, 0.25) is 0 Å². The Labute approximate surface area is 156 Å². The van der Waals surface area contributed by atoms with Crippen LogP contribution < -0.4 is 0 Å². The molecule has 138 valence electrons. The van der Waals surface area contributed by atoms with Crippen LogP contribution in [-0.4, -0.2) is 15.8 Å². The molecule has 0 bridgehead atoms. The standard InChI is InChI=1S/C22H20F2N2O/c1-22(2)11-18-20(19(27)12-22)17(9-13-7-15(23)10-16(24)8-13)21(26-18)14-3-5-25-6-4-14/h3-8,10,26H,9,11-12H2,1-2H3. The molecular formula is C22H20F2N2O. The molecule has 2 heterocycles. The maximum absolute atomic E-state index is 13.7. The summed E-state index contributed by atoms with van der Waals surface area (Å²) < 4.78 is 27.3. The number of aromatic nitrogens is 2. The van der Waals surface area contributed by atoms with Gasteiger partial charge in [-0.15, -0.1) is 0 Å². The van der Waals surface area contributed by atoms with Crippen LogP contribution in [-0.2, 0) is 12.8 Å². The highest BCUT2D eigenvalue weighted by Gasteiger charge is 2.35. The third-order valence-electron chi connectivity index (χ3n) is 5.03. The summed E-state index contributed by atoms with van der Waals surface area (Å²) in [6.07, 6.45) is 4.87. The second-order valence-electron chi connectivity index (χ2n) is 7.96. The van der Waals surface area contributed by atoms with Crippen molar-refractivity contribution in [1.29, 1.82) is 0 Å². The van der Waals surface area contributed by atoms with Crippen molar-refractivity contribution in [3.8, 4) is 11.3 Å². The van der Waals surface area contributed by atoms with E-state index in [0.29, 0.717) is 17.5 Å². The van der Waals surface area contributed by atoms with Crippen LogP contribution in [0.15, 0.2) is 42.7 Å². The van der Waals surface area contributed by atoms with Gasteiger partial charge in [0.1, 0.15) is 11.6 Å². The van der Waals surface area contributed by atoms with Crippen LogP contribution in [0.1, 0.15) is 47.4 Å². The summed E-state index contributed by atoms with van der Waals surface area (Å²) in [5, 5.41) is 0. The highest BCUT2D eigenvalue weighted by molar-refractivity contribution is 6.02. The number of hydrogen-bond donors (Lipinski definition) is 1. The van der Waals surface area contributed by atoms with Gasteiger partial charge < -0.3 is 4.98 Å². The molecule has 3 aromatic rings. The number of rotatable bonds is 3. The lowest BCUT2D eigenvalue weighted by Gasteiger charge is -2.28. The Morgan fingerprint density at radius 2 is 1.74 bits per heavy atom. The molecule has 0 atom stereocenters. The summed E-state index contributed by atoms with van der Waals surface area (Å²) in [4.78, 5) is 20.4. The van der Waals surface area contributed by atoms with E-state index in [4.69, 9.17) is 0 Å². The molecule has 0 amide bonds. The number of carbonyl (C=O) groups is 1. The molecule has 0 unspecified atom stereocenters. The van der Waals surface area contributed by atoms with Gasteiger partial charge in [0, 0.05) is 48.1 Å². The first-order valence-electron chi connectivity index (χ1n) is 8.95. The van der Waals surface area contributed by atoms with Crippen LogP contribution >= 0.6 is 0 Å². The second kappa shape index (κ2) is 6.41. The van der Waals surface area contributed by atoms with Gasteiger partial charge in [-0.1, -0.05) is 13.8 Å². The minimum absolute atomic E-state index is 0.0738. The lowest BCUT2D eigenvalue weighted by atomic mass is 9.75. The third kappa shape index (κ3) is 3.42. The number of halogens is 2. The maximum Gasteiger partial charge on any atom is 0.165 e. The molecule has 0 radical (unpaired) electrons. The number of Topliss-reactive ketones (excluding diaryl/α,β-unsaturated/α-hetero) is 1. The average Bonchev–Trinajstić information content (AvgIpc) is 2.91. The lowest BCUT2D eigenvalue weighted by Crippen LogP contribution is -2.27. The fourth-order valence-corrected chi connectivity index (χ4v) is 3.99. The van der Waals surface area contributed by atoms with E-state index in [9.17, 15) is 13.6 Å². The summed E-state index contributed by atoms with van der Waals surface area (Å²) >= 11 is 0. The number of aromatic amines is 1. The Morgan fingerprint density at radius 1 is 1.07 bits per heavy atom. The Morgan fingerprint density at radius 3 is 2.41 bits per heavy atom. The molecule has 0 spiro atoms. The molecule has 2 aromatic heterocycles. The molecular weight excluding hydrogens is 346 g/mol. The monoisotopic (exact) mass is 366 g/mol. The molecule has 1 aromatic carbocycles. The van der Waals surface area contributed by atoms with E-state index >= 15 is 0 Å². The van der Waals surface area contributed by atoms with Crippen molar-refractivity contribution in [3.63, 3.8) is 0 Å². The number of ketones is 1. The Hall–Kier alpha value is -2.82. The first-order valence-corrected chi connectivity index (χ1v) is 8.95. The smallest absolute Gasteiger partial charge is 0.165 e. The summed E-state index contributed by atoms with van der Waals surface area (Å²) in [5.41, 5.74) is 4.46. The van der Waals surface area contributed by atoms with Crippen molar-refractivity contribution in [2.24, 2.45) is 5.41 Å². The lowest BCUT2D eigenvalue weighted by molar-refractivity contribution is 0.0911. The molecule has 0 aliphatic heterocycles. The number of carbonyl (C=O) groups excluding carboxylic acids is 1. The molecule has 1 N–H and O–H groups in total. The maximum atomic E-state index is 13.7. The van der Waals surface area contributed by atoms with Crippen molar-refractivity contribution in [2.75, 3.05) is 0 Å². The van der Waals surface area contributed by atoms with E-state index in [1.807, 2.05) is 12.1 Å². The molecule has 0 saturated carbocycles. The van der Waals surface area contributed by atoms with Gasteiger partial charge >= 0.3 is 0 Å². The second-order valence-corrected chi connectivity index (χ2v) is 7.96. The largest absolute Gasteiger partial charge is 0.358 e. The SMILES string of the molecule is CC1(C)CC(=O)c2c([nH]c(-c3ccncc3)c2Cc2cc(F)cc(F)c2)C1. The van der Waals surface area contributed by atoms with Gasteiger partial charge in [-0.05, 0) is 47.2 Å². The van der Waals surface area contributed by atoms with Gasteiger partial charge in [0.25, 0.3) is 0 Å². The number of fused-ring (bicyclic) bond motifs is 1. The van der Waals surface area contributed by atoms with Gasteiger partial charge in [-0.25, -0.2) is 8.78 Å². The normalized spacial score (nSPS) is 15.6. The van der Waals surface area contributed by atoms with Crippen molar-refractivity contribution in [2.45, 2.75) is 33.1 Å². The van der Waals surface area contributed by atoms with Crippen LogP contribution in [0.3, 0.4) is 0 Å². The Balaban J connectivity index is 1.88. The van der Waals surface area contributed by atoms with E-state index in [-0.39, 0.29) is 17.6 Å². The third-order valence-corrected chi connectivity index (χ3v) is 5.03. The first-order chi connectivity index (χ1) is 12.8. The number of H-pyrrole nitrogens is 1. The van der Waals surface area contributed by atoms with E-state index < -0.39 is 11.6 Å². The van der Waals surface area contributed by atoms with Gasteiger partial charge in [0.15, 0.2) is 5.78 Å². The van der Waals surface area contributed by atoms with E-state index in [1.54, 1.807) is 12.4 Å². The molecule has 5 heteroatoms. The number of nitrogens with one attached hydrogen (secondary N) is 1. The van der Waals surface area contributed by atoms with Crippen molar-refractivity contribution >= 4 is 5.78 Å². The summed E-state index contributed by atoms with van der Waals surface area (Å²) in [6.45, 7) is 4.14. The molecule has 0 saturated heterocycles. The van der Waals surface area contributed by atoms with Crippen molar-refractivity contribution in [1.82, 2.24) is 9.97 Å². The molecule has 3 nitrogen and oxygen atoms in total. The zero-order valence-corrected chi connectivity index (χ0v) is 15.3. The highest BCUT2D eigenvalue weighted by atomic mass is 19.1. The molecule has 1 aliphatic rings. The Bertz CT molecular complexity index is 1000. The topological polar surface area (TPSA) is 45.8 Å². The predicted molar refractivity (Wildman–Crippen MR) is 99.6 cm³/mol. The molecule has 4 rings (SSSR count). The molecule has 27 heavy (non-hydrogen) atoms. The van der Waals surface area contributed by atoms with Crippen LogP contribution in [0, 0.1) is 17.0 Å². The number of nitrogens with zero attached hydrogens (tertiary/aromatic N) is 1. The predicted octanol–water partition coefficient (Wildman–Crippen LogP) is 5.10. The summed E-state index contributed by atoms with van der Waals surface area (Å²) in [5.74, 6) is -1.16. The first kappa shape index (κ1) is 17.6. The van der Waals surface area contributed by atoms with E-state index in [1.165, 1.54) is 12.1 Å². The van der Waals surface area contributed by atoms with Gasteiger partial charge in [-0.3, -0.25) is 9.78 Å².